The third-order valence-electron chi connectivity index (χ3n) is 4.84. The van der Waals surface area contributed by atoms with Gasteiger partial charge in [-0.1, -0.05) is 25.9 Å². The van der Waals surface area contributed by atoms with Gasteiger partial charge in [-0.3, -0.25) is 0 Å². The van der Waals surface area contributed by atoms with Gasteiger partial charge in [0.05, 0.1) is 5.71 Å². The molecule has 0 spiro atoms. The highest BCUT2D eigenvalue weighted by atomic mass is 32.2. The molecule has 0 aromatic heterocycles. The van der Waals surface area contributed by atoms with Crippen LogP contribution in [-0.4, -0.2) is 22.4 Å². The predicted molar refractivity (Wildman–Crippen MR) is 65.8 cm³/mol. The summed E-state index contributed by atoms with van der Waals surface area (Å²) in [5.41, 5.74) is 1.59. The summed E-state index contributed by atoms with van der Waals surface area (Å²) in [5, 5.41) is 12.8. The Kier molecular flexibility index (Phi) is 2.78. The van der Waals surface area contributed by atoms with Crippen LogP contribution in [0.15, 0.2) is 5.16 Å². The van der Waals surface area contributed by atoms with Gasteiger partial charge in [-0.2, -0.15) is 11.8 Å². The summed E-state index contributed by atoms with van der Waals surface area (Å²) >= 11 is 1.98. The normalized spacial score (nSPS) is 40.2. The zero-order chi connectivity index (χ0) is 11.1. The van der Waals surface area contributed by atoms with Crippen LogP contribution in [0.25, 0.3) is 0 Å². The Balaban J connectivity index is 2.31. The quantitative estimate of drug-likeness (QED) is 0.592. The third-order valence-corrected chi connectivity index (χ3v) is 5.94. The molecule has 0 unspecified atom stereocenters. The first-order chi connectivity index (χ1) is 7.08. The lowest BCUT2D eigenvalue weighted by molar-refractivity contribution is 0.195. The van der Waals surface area contributed by atoms with Gasteiger partial charge in [0.2, 0.25) is 0 Å². The lowest BCUT2D eigenvalue weighted by Gasteiger charge is -2.37. The molecule has 0 saturated heterocycles. The summed E-state index contributed by atoms with van der Waals surface area (Å²) in [6.07, 6.45) is 3.56. The Morgan fingerprint density at radius 2 is 2.27 bits per heavy atom. The van der Waals surface area contributed by atoms with E-state index in [0.29, 0.717) is 5.41 Å². The number of hydrogen-bond acceptors (Lipinski definition) is 3. The van der Waals surface area contributed by atoms with Crippen molar-refractivity contribution >= 4 is 17.5 Å². The molecular weight excluding hydrogens is 206 g/mol. The highest BCUT2D eigenvalue weighted by Gasteiger charge is 2.62. The monoisotopic (exact) mass is 227 g/mol. The molecule has 2 bridgehead atoms. The molecule has 2 atom stereocenters. The van der Waals surface area contributed by atoms with Gasteiger partial charge < -0.3 is 5.21 Å². The van der Waals surface area contributed by atoms with E-state index in [4.69, 9.17) is 5.21 Å². The fraction of sp³-hybridized carbons (Fsp3) is 0.917. The second-order valence-corrected chi connectivity index (χ2v) is 6.70. The van der Waals surface area contributed by atoms with E-state index in [1.807, 2.05) is 11.8 Å². The van der Waals surface area contributed by atoms with E-state index in [1.165, 1.54) is 12.8 Å². The molecule has 2 nitrogen and oxygen atoms in total. The Hall–Kier alpha value is -0.180. The molecule has 0 amide bonds. The SMILES string of the molecule is CCSC[C@]12CC[C@H](C/C1=N\O)C2(C)C. The van der Waals surface area contributed by atoms with E-state index in [2.05, 4.69) is 25.9 Å². The lowest BCUT2D eigenvalue weighted by Crippen LogP contribution is -2.38. The zero-order valence-electron chi connectivity index (χ0n) is 9.92. The molecule has 3 heteroatoms. The maximum atomic E-state index is 9.16. The van der Waals surface area contributed by atoms with Crippen LogP contribution in [0.2, 0.25) is 0 Å². The third kappa shape index (κ3) is 1.35. The van der Waals surface area contributed by atoms with Crippen LogP contribution in [0.4, 0.5) is 0 Å². The average molecular weight is 227 g/mol. The molecule has 2 aliphatic carbocycles. The van der Waals surface area contributed by atoms with Gasteiger partial charge in [0.25, 0.3) is 0 Å². The Morgan fingerprint density at radius 3 is 2.80 bits per heavy atom. The highest BCUT2D eigenvalue weighted by molar-refractivity contribution is 7.99. The van der Waals surface area contributed by atoms with Crippen LogP contribution >= 0.6 is 11.8 Å². The van der Waals surface area contributed by atoms with E-state index < -0.39 is 0 Å². The minimum atomic E-state index is 0.188. The Labute approximate surface area is 96.5 Å². The summed E-state index contributed by atoms with van der Waals surface area (Å²) in [6.45, 7) is 6.92. The van der Waals surface area contributed by atoms with Crippen molar-refractivity contribution in [3.05, 3.63) is 0 Å². The molecule has 0 aliphatic heterocycles. The van der Waals surface area contributed by atoms with Gasteiger partial charge in [-0.15, -0.1) is 0 Å². The topological polar surface area (TPSA) is 32.6 Å². The summed E-state index contributed by atoms with van der Waals surface area (Å²) in [5.74, 6) is 3.02. The van der Waals surface area contributed by atoms with E-state index in [-0.39, 0.29) is 5.41 Å². The second kappa shape index (κ2) is 3.69. The molecular formula is C12H21NOS. The second-order valence-electron chi connectivity index (χ2n) is 5.43. The van der Waals surface area contributed by atoms with E-state index in [0.717, 1.165) is 29.6 Å². The van der Waals surface area contributed by atoms with Gasteiger partial charge in [0.1, 0.15) is 0 Å². The lowest BCUT2D eigenvalue weighted by atomic mass is 9.70. The molecule has 0 aromatic rings. The van der Waals surface area contributed by atoms with Crippen molar-refractivity contribution in [2.75, 3.05) is 11.5 Å². The highest BCUT2D eigenvalue weighted by Crippen LogP contribution is 2.65. The summed E-state index contributed by atoms with van der Waals surface area (Å²) in [6, 6.07) is 0. The van der Waals surface area contributed by atoms with Crippen molar-refractivity contribution in [3.63, 3.8) is 0 Å². The molecule has 1 N–H and O–H groups in total. The van der Waals surface area contributed by atoms with Crippen LogP contribution in [0.5, 0.6) is 0 Å². The smallest absolute Gasteiger partial charge is 0.0649 e. The van der Waals surface area contributed by atoms with Crippen LogP contribution in [0.3, 0.4) is 0 Å². The van der Waals surface area contributed by atoms with Crippen LogP contribution < -0.4 is 0 Å². The van der Waals surface area contributed by atoms with E-state index in [9.17, 15) is 0 Å². The van der Waals surface area contributed by atoms with Gasteiger partial charge >= 0.3 is 0 Å². The van der Waals surface area contributed by atoms with Gasteiger partial charge in [-0.05, 0) is 36.3 Å². The number of nitrogens with zero attached hydrogens (tertiary/aromatic N) is 1. The first-order valence-corrected chi connectivity index (χ1v) is 7.03. The van der Waals surface area contributed by atoms with Crippen molar-refractivity contribution in [1.82, 2.24) is 0 Å². The molecule has 86 valence electrons. The Morgan fingerprint density at radius 1 is 1.53 bits per heavy atom. The zero-order valence-corrected chi connectivity index (χ0v) is 10.7. The van der Waals surface area contributed by atoms with Crippen LogP contribution in [-0.2, 0) is 0 Å². The largest absolute Gasteiger partial charge is 0.411 e. The van der Waals surface area contributed by atoms with E-state index in [1.54, 1.807) is 0 Å². The summed E-state index contributed by atoms with van der Waals surface area (Å²) in [4.78, 5) is 0. The van der Waals surface area contributed by atoms with E-state index >= 15 is 0 Å². The van der Waals surface area contributed by atoms with Gasteiger partial charge in [0.15, 0.2) is 0 Å². The minimum absolute atomic E-state index is 0.188. The molecule has 0 aromatic carbocycles. The minimum Gasteiger partial charge on any atom is -0.411 e. The molecule has 0 radical (unpaired) electrons. The van der Waals surface area contributed by atoms with Gasteiger partial charge in [-0.25, -0.2) is 0 Å². The summed E-state index contributed by atoms with van der Waals surface area (Å²) < 4.78 is 0. The number of thioether (sulfide) groups is 1. The van der Waals surface area contributed by atoms with Crippen LogP contribution in [0.1, 0.15) is 40.0 Å². The van der Waals surface area contributed by atoms with Crippen molar-refractivity contribution < 1.29 is 5.21 Å². The molecule has 2 fully saturated rings. The molecule has 2 aliphatic rings. The summed E-state index contributed by atoms with van der Waals surface area (Å²) in [7, 11) is 0. The number of fused-ring (bicyclic) bond motifs is 2. The first kappa shape index (κ1) is 11.3. The average Bonchev–Trinajstić information content (AvgIpc) is 2.59. The Bertz CT molecular complexity index is 287. The molecule has 2 saturated carbocycles. The van der Waals surface area contributed by atoms with Crippen molar-refractivity contribution in [1.29, 1.82) is 0 Å². The number of oxime groups is 1. The fourth-order valence-corrected chi connectivity index (χ4v) is 4.79. The van der Waals surface area contributed by atoms with Gasteiger partial charge in [0, 0.05) is 11.2 Å². The number of rotatable bonds is 3. The predicted octanol–water partition coefficient (Wildman–Crippen LogP) is 3.40. The standard InChI is InChI=1S/C12H21NOS/c1-4-15-8-12-6-5-9(11(12,2)3)7-10(12)13-14/h9,14H,4-8H2,1-3H3/b13-10+/t9-,12-/m1/s1. The molecule has 15 heavy (non-hydrogen) atoms. The fourth-order valence-electron chi connectivity index (χ4n) is 3.55. The molecule has 0 heterocycles. The number of hydrogen-bond donors (Lipinski definition) is 1. The van der Waals surface area contributed by atoms with Crippen molar-refractivity contribution in [2.24, 2.45) is 21.9 Å². The maximum Gasteiger partial charge on any atom is 0.0649 e. The van der Waals surface area contributed by atoms with Crippen molar-refractivity contribution in [2.45, 2.75) is 40.0 Å². The maximum absolute atomic E-state index is 9.16. The van der Waals surface area contributed by atoms with Crippen molar-refractivity contribution in [3.8, 4) is 0 Å². The van der Waals surface area contributed by atoms with Crippen LogP contribution in [0, 0.1) is 16.7 Å². The molecule has 2 rings (SSSR count). The first-order valence-electron chi connectivity index (χ1n) is 5.87.